The van der Waals surface area contributed by atoms with Crippen LogP contribution >= 0.6 is 23.2 Å². The minimum absolute atomic E-state index is 0.00964. The van der Waals surface area contributed by atoms with E-state index >= 15 is 0 Å². The van der Waals surface area contributed by atoms with Crippen LogP contribution in [0.3, 0.4) is 0 Å². The summed E-state index contributed by atoms with van der Waals surface area (Å²) in [6, 6.07) is 2.60. The molecule has 0 atom stereocenters. The number of nitrogens with two attached hydrogens (primary N) is 2. The molecule has 0 saturated heterocycles. The van der Waals surface area contributed by atoms with E-state index in [1.807, 2.05) is 0 Å². The number of nitro benzene ring substituents is 1. The quantitative estimate of drug-likeness (QED) is 0.376. The lowest BCUT2D eigenvalue weighted by atomic mass is 10.2. The first-order valence-corrected chi connectivity index (χ1v) is 4.93. The van der Waals surface area contributed by atoms with Crippen LogP contribution in [0.4, 0.5) is 5.69 Å². The maximum absolute atomic E-state index is 10.6. The third-order valence-corrected chi connectivity index (χ3v) is 2.55. The van der Waals surface area contributed by atoms with Crippen LogP contribution in [-0.4, -0.2) is 17.1 Å². The minimum Gasteiger partial charge on any atom is -0.369 e. The predicted molar refractivity (Wildman–Crippen MR) is 66.5 cm³/mol. The van der Waals surface area contributed by atoms with Gasteiger partial charge < -0.3 is 11.5 Å². The van der Waals surface area contributed by atoms with E-state index in [0.29, 0.717) is 5.56 Å². The molecular formula is C8H7Cl2N5O2. The Labute approximate surface area is 106 Å². The molecule has 1 aromatic carbocycles. The van der Waals surface area contributed by atoms with Crippen molar-refractivity contribution in [2.24, 2.45) is 21.7 Å². The summed E-state index contributed by atoms with van der Waals surface area (Å²) in [5.41, 5.74) is 10.2. The van der Waals surface area contributed by atoms with Crippen LogP contribution in [0.2, 0.25) is 10.0 Å². The first kappa shape index (κ1) is 13.2. The molecule has 0 bridgehead atoms. The molecule has 7 nitrogen and oxygen atoms in total. The fourth-order valence-corrected chi connectivity index (χ4v) is 1.40. The Morgan fingerprint density at radius 1 is 1.35 bits per heavy atom. The number of guanidine groups is 1. The van der Waals surface area contributed by atoms with E-state index in [1.54, 1.807) is 0 Å². The normalized spacial score (nSPS) is 10.5. The SMILES string of the molecule is NC(N)=N/N=C/c1ccc([N+](=O)[O-])c(Cl)c1Cl. The van der Waals surface area contributed by atoms with Crippen molar-refractivity contribution in [2.45, 2.75) is 0 Å². The molecule has 0 saturated carbocycles. The second-order valence-electron chi connectivity index (χ2n) is 2.83. The lowest BCUT2D eigenvalue weighted by Gasteiger charge is -2.00. The van der Waals surface area contributed by atoms with Gasteiger partial charge in [-0.1, -0.05) is 23.2 Å². The van der Waals surface area contributed by atoms with Crippen molar-refractivity contribution < 1.29 is 4.92 Å². The molecule has 90 valence electrons. The van der Waals surface area contributed by atoms with E-state index in [1.165, 1.54) is 18.3 Å². The van der Waals surface area contributed by atoms with Gasteiger partial charge in [-0.3, -0.25) is 10.1 Å². The average Bonchev–Trinajstić information content (AvgIpc) is 2.23. The zero-order valence-electron chi connectivity index (χ0n) is 8.30. The standard InChI is InChI=1S/C8H7Cl2N5O2/c9-6-4(3-13-14-8(11)12)1-2-5(7(6)10)15(16)17/h1-3H,(H4,11,12,14)/b13-3+. The Balaban J connectivity index is 3.13. The van der Waals surface area contributed by atoms with Gasteiger partial charge in [0.25, 0.3) is 5.69 Å². The average molecular weight is 276 g/mol. The second kappa shape index (κ2) is 5.46. The molecule has 4 N–H and O–H groups in total. The monoisotopic (exact) mass is 275 g/mol. The van der Waals surface area contributed by atoms with Crippen LogP contribution < -0.4 is 11.5 Å². The third-order valence-electron chi connectivity index (χ3n) is 1.66. The van der Waals surface area contributed by atoms with Gasteiger partial charge in [-0.15, -0.1) is 5.10 Å². The maximum Gasteiger partial charge on any atom is 0.289 e. The number of hydrogen-bond donors (Lipinski definition) is 2. The van der Waals surface area contributed by atoms with Gasteiger partial charge in [-0.2, -0.15) is 5.10 Å². The smallest absolute Gasteiger partial charge is 0.289 e. The van der Waals surface area contributed by atoms with Gasteiger partial charge in [-0.25, -0.2) is 0 Å². The predicted octanol–water partition coefficient (Wildman–Crippen LogP) is 1.51. The fourth-order valence-electron chi connectivity index (χ4n) is 0.953. The highest BCUT2D eigenvalue weighted by Gasteiger charge is 2.17. The molecular weight excluding hydrogens is 269 g/mol. The first-order valence-electron chi connectivity index (χ1n) is 4.18. The summed E-state index contributed by atoms with van der Waals surface area (Å²) < 4.78 is 0. The fraction of sp³-hybridized carbons (Fsp3) is 0. The van der Waals surface area contributed by atoms with E-state index in [0.717, 1.165) is 0 Å². The zero-order chi connectivity index (χ0) is 13.0. The number of benzene rings is 1. The van der Waals surface area contributed by atoms with Gasteiger partial charge >= 0.3 is 0 Å². The Morgan fingerprint density at radius 2 is 2.00 bits per heavy atom. The summed E-state index contributed by atoms with van der Waals surface area (Å²) in [6.45, 7) is 0. The topological polar surface area (TPSA) is 120 Å². The summed E-state index contributed by atoms with van der Waals surface area (Å²) in [4.78, 5) is 9.93. The number of nitrogens with zero attached hydrogens (tertiary/aromatic N) is 3. The number of nitro groups is 1. The molecule has 0 heterocycles. The minimum atomic E-state index is -0.634. The van der Waals surface area contributed by atoms with E-state index in [9.17, 15) is 10.1 Å². The Hall–Kier alpha value is -1.86. The van der Waals surface area contributed by atoms with Crippen LogP contribution in [0.5, 0.6) is 0 Å². The molecule has 1 rings (SSSR count). The molecule has 1 aromatic rings. The molecule has 17 heavy (non-hydrogen) atoms. The Morgan fingerprint density at radius 3 is 2.53 bits per heavy atom. The van der Waals surface area contributed by atoms with Crippen molar-refractivity contribution in [1.29, 1.82) is 0 Å². The molecule has 0 fully saturated rings. The zero-order valence-corrected chi connectivity index (χ0v) is 9.81. The van der Waals surface area contributed by atoms with Crippen molar-refractivity contribution in [3.8, 4) is 0 Å². The second-order valence-corrected chi connectivity index (χ2v) is 3.58. The summed E-state index contributed by atoms with van der Waals surface area (Å²) >= 11 is 11.5. The first-order chi connectivity index (χ1) is 7.93. The van der Waals surface area contributed by atoms with Crippen molar-refractivity contribution in [3.05, 3.63) is 37.9 Å². The molecule has 0 aliphatic carbocycles. The van der Waals surface area contributed by atoms with E-state index < -0.39 is 4.92 Å². The van der Waals surface area contributed by atoms with Gasteiger partial charge in [0.05, 0.1) is 16.2 Å². The van der Waals surface area contributed by atoms with Crippen LogP contribution in [0.1, 0.15) is 5.56 Å². The van der Waals surface area contributed by atoms with Gasteiger partial charge in [0.15, 0.2) is 0 Å². The molecule has 0 radical (unpaired) electrons. The maximum atomic E-state index is 10.6. The highest BCUT2D eigenvalue weighted by Crippen LogP contribution is 2.33. The van der Waals surface area contributed by atoms with Gasteiger partial charge in [-0.05, 0) is 6.07 Å². The highest BCUT2D eigenvalue weighted by molar-refractivity contribution is 6.44. The van der Waals surface area contributed by atoms with Gasteiger partial charge in [0.2, 0.25) is 5.96 Å². The lowest BCUT2D eigenvalue weighted by Crippen LogP contribution is -2.21. The molecule has 9 heteroatoms. The van der Waals surface area contributed by atoms with E-state index in [-0.39, 0.29) is 21.7 Å². The van der Waals surface area contributed by atoms with Gasteiger partial charge in [0.1, 0.15) is 5.02 Å². The summed E-state index contributed by atoms with van der Waals surface area (Å²) in [5, 5.41) is 17.3. The number of hydrogen-bond acceptors (Lipinski definition) is 4. The lowest BCUT2D eigenvalue weighted by molar-refractivity contribution is -0.384. The van der Waals surface area contributed by atoms with Crippen molar-refractivity contribution >= 4 is 41.1 Å². The van der Waals surface area contributed by atoms with Crippen LogP contribution in [-0.2, 0) is 0 Å². The van der Waals surface area contributed by atoms with Crippen LogP contribution in [0.15, 0.2) is 22.3 Å². The van der Waals surface area contributed by atoms with Crippen molar-refractivity contribution in [1.82, 2.24) is 0 Å². The highest BCUT2D eigenvalue weighted by atomic mass is 35.5. The molecule has 0 amide bonds. The largest absolute Gasteiger partial charge is 0.369 e. The summed E-state index contributed by atoms with van der Waals surface area (Å²) in [5.74, 6) is -0.217. The van der Waals surface area contributed by atoms with E-state index in [2.05, 4.69) is 10.2 Å². The van der Waals surface area contributed by atoms with Crippen LogP contribution in [0, 0.1) is 10.1 Å². The molecule has 0 spiro atoms. The molecule has 0 aliphatic rings. The van der Waals surface area contributed by atoms with Gasteiger partial charge in [0, 0.05) is 11.6 Å². The molecule has 0 aromatic heterocycles. The summed E-state index contributed by atoms with van der Waals surface area (Å²) in [6.07, 6.45) is 1.23. The summed E-state index contributed by atoms with van der Waals surface area (Å²) in [7, 11) is 0. The van der Waals surface area contributed by atoms with Crippen molar-refractivity contribution in [3.63, 3.8) is 0 Å². The Kier molecular flexibility index (Phi) is 4.24. The van der Waals surface area contributed by atoms with Crippen molar-refractivity contribution in [2.75, 3.05) is 0 Å². The van der Waals surface area contributed by atoms with E-state index in [4.69, 9.17) is 34.7 Å². The van der Waals surface area contributed by atoms with Crippen LogP contribution in [0.25, 0.3) is 0 Å². The molecule has 0 unspecified atom stereocenters. The molecule has 0 aliphatic heterocycles. The number of rotatable bonds is 3. The Bertz CT molecular complexity index is 511. The number of halogens is 2. The third kappa shape index (κ3) is 3.30.